The van der Waals surface area contributed by atoms with Gasteiger partial charge in [-0.15, -0.1) is 0 Å². The molecule has 0 aliphatic carbocycles. The lowest BCUT2D eigenvalue weighted by atomic mass is 9.88. The number of rotatable bonds is 5. The van der Waals surface area contributed by atoms with Gasteiger partial charge in [-0.05, 0) is 44.0 Å². The van der Waals surface area contributed by atoms with Gasteiger partial charge in [0, 0.05) is 28.6 Å². The maximum atomic E-state index is 14.1. The molecule has 2 atom stereocenters. The molecule has 1 fully saturated rings. The summed E-state index contributed by atoms with van der Waals surface area (Å²) in [6.07, 6.45) is 3.19. The molecule has 1 saturated heterocycles. The van der Waals surface area contributed by atoms with Crippen molar-refractivity contribution in [1.82, 2.24) is 5.32 Å². The highest BCUT2D eigenvalue weighted by atomic mass is 79.9. The Labute approximate surface area is 122 Å². The molecule has 1 aromatic rings. The SMILES string of the molecule is CCCNC(c1cc(Br)ccc1F)C1CCCOC1. The molecule has 1 aromatic carbocycles. The molecule has 1 aliphatic heterocycles. The van der Waals surface area contributed by atoms with Crippen LogP contribution < -0.4 is 5.32 Å². The molecule has 0 saturated carbocycles. The highest BCUT2D eigenvalue weighted by Gasteiger charge is 2.27. The summed E-state index contributed by atoms with van der Waals surface area (Å²) in [5, 5.41) is 3.48. The minimum absolute atomic E-state index is 0.0396. The molecule has 4 heteroatoms. The first kappa shape index (κ1) is 14.9. The van der Waals surface area contributed by atoms with E-state index in [4.69, 9.17) is 4.74 Å². The molecule has 2 rings (SSSR count). The molecule has 1 N–H and O–H groups in total. The highest BCUT2D eigenvalue weighted by molar-refractivity contribution is 9.10. The lowest BCUT2D eigenvalue weighted by Crippen LogP contribution is -2.34. The zero-order valence-corrected chi connectivity index (χ0v) is 12.9. The summed E-state index contributed by atoms with van der Waals surface area (Å²) in [6.45, 7) is 4.57. The van der Waals surface area contributed by atoms with Crippen molar-refractivity contribution in [3.63, 3.8) is 0 Å². The van der Waals surface area contributed by atoms with Crippen molar-refractivity contribution in [3.05, 3.63) is 34.1 Å². The van der Waals surface area contributed by atoms with E-state index in [1.54, 1.807) is 6.07 Å². The number of nitrogens with one attached hydrogen (secondary N) is 1. The van der Waals surface area contributed by atoms with E-state index < -0.39 is 0 Å². The first-order valence-electron chi connectivity index (χ1n) is 6.98. The van der Waals surface area contributed by atoms with E-state index in [0.717, 1.165) is 42.5 Å². The van der Waals surface area contributed by atoms with E-state index in [9.17, 15) is 4.39 Å². The fourth-order valence-corrected chi connectivity index (χ4v) is 2.99. The largest absolute Gasteiger partial charge is 0.381 e. The third kappa shape index (κ3) is 4.01. The predicted molar refractivity (Wildman–Crippen MR) is 78.7 cm³/mol. The second kappa shape index (κ2) is 7.36. The van der Waals surface area contributed by atoms with Crippen molar-refractivity contribution in [3.8, 4) is 0 Å². The number of hydrogen-bond acceptors (Lipinski definition) is 2. The molecule has 2 nitrogen and oxygen atoms in total. The Balaban J connectivity index is 2.22. The van der Waals surface area contributed by atoms with Gasteiger partial charge in [0.2, 0.25) is 0 Å². The number of ether oxygens (including phenoxy) is 1. The summed E-state index contributed by atoms with van der Waals surface area (Å²) in [5.74, 6) is 0.214. The van der Waals surface area contributed by atoms with Gasteiger partial charge >= 0.3 is 0 Å². The number of benzene rings is 1. The third-order valence-corrected chi connectivity index (χ3v) is 4.07. The Morgan fingerprint density at radius 3 is 3.05 bits per heavy atom. The van der Waals surface area contributed by atoms with Crippen LogP contribution in [0, 0.1) is 11.7 Å². The fraction of sp³-hybridized carbons (Fsp3) is 0.600. The molecular formula is C15H21BrFNO. The molecule has 1 heterocycles. The molecule has 19 heavy (non-hydrogen) atoms. The molecule has 0 amide bonds. The van der Waals surface area contributed by atoms with E-state index in [-0.39, 0.29) is 11.9 Å². The van der Waals surface area contributed by atoms with Crippen molar-refractivity contribution >= 4 is 15.9 Å². The normalized spacial score (nSPS) is 21.3. The molecule has 0 radical (unpaired) electrons. The van der Waals surface area contributed by atoms with Gasteiger partial charge in [-0.3, -0.25) is 0 Å². The Bertz CT molecular complexity index is 407. The molecule has 1 aliphatic rings. The van der Waals surface area contributed by atoms with Crippen LogP contribution in [0.15, 0.2) is 22.7 Å². The Kier molecular flexibility index (Phi) is 5.79. The van der Waals surface area contributed by atoms with Gasteiger partial charge in [-0.1, -0.05) is 22.9 Å². The minimum Gasteiger partial charge on any atom is -0.381 e. The Morgan fingerprint density at radius 2 is 2.37 bits per heavy atom. The second-order valence-corrected chi connectivity index (χ2v) is 5.99. The van der Waals surface area contributed by atoms with E-state index >= 15 is 0 Å². The van der Waals surface area contributed by atoms with E-state index in [1.807, 2.05) is 6.07 Å². The Morgan fingerprint density at radius 1 is 1.53 bits per heavy atom. The maximum absolute atomic E-state index is 14.1. The van der Waals surface area contributed by atoms with Gasteiger partial charge in [-0.2, -0.15) is 0 Å². The van der Waals surface area contributed by atoms with Crippen molar-refractivity contribution in [1.29, 1.82) is 0 Å². The van der Waals surface area contributed by atoms with Crippen LogP contribution in [0.4, 0.5) is 4.39 Å². The molecular weight excluding hydrogens is 309 g/mol. The quantitative estimate of drug-likeness (QED) is 0.879. The van der Waals surface area contributed by atoms with Crippen LogP contribution in [-0.2, 0) is 4.74 Å². The van der Waals surface area contributed by atoms with Crippen LogP contribution in [-0.4, -0.2) is 19.8 Å². The van der Waals surface area contributed by atoms with Gasteiger partial charge in [0.25, 0.3) is 0 Å². The smallest absolute Gasteiger partial charge is 0.128 e. The Hall–Kier alpha value is -0.450. The van der Waals surface area contributed by atoms with Gasteiger partial charge in [-0.25, -0.2) is 4.39 Å². The predicted octanol–water partition coefficient (Wildman–Crippen LogP) is 4.06. The van der Waals surface area contributed by atoms with Crippen LogP contribution in [0.25, 0.3) is 0 Å². The average molecular weight is 330 g/mol. The summed E-state index contributed by atoms with van der Waals surface area (Å²) >= 11 is 3.43. The summed E-state index contributed by atoms with van der Waals surface area (Å²) in [4.78, 5) is 0. The van der Waals surface area contributed by atoms with Crippen LogP contribution in [0.1, 0.15) is 37.8 Å². The van der Waals surface area contributed by atoms with E-state index in [1.165, 1.54) is 6.07 Å². The highest BCUT2D eigenvalue weighted by Crippen LogP contribution is 2.31. The molecule has 106 valence electrons. The average Bonchev–Trinajstić information content (AvgIpc) is 2.44. The van der Waals surface area contributed by atoms with E-state index in [0.29, 0.717) is 12.5 Å². The number of halogens is 2. The van der Waals surface area contributed by atoms with Crippen LogP contribution in [0.5, 0.6) is 0 Å². The standard InChI is InChI=1S/C15H21BrFNO/c1-2-7-18-15(11-4-3-8-19-10-11)13-9-12(16)5-6-14(13)17/h5-6,9,11,15,18H,2-4,7-8,10H2,1H3. The number of hydrogen-bond donors (Lipinski definition) is 1. The second-order valence-electron chi connectivity index (χ2n) is 5.07. The van der Waals surface area contributed by atoms with Crippen molar-refractivity contribution in [2.75, 3.05) is 19.8 Å². The maximum Gasteiger partial charge on any atom is 0.128 e. The van der Waals surface area contributed by atoms with Gasteiger partial charge in [0.15, 0.2) is 0 Å². The summed E-state index contributed by atoms with van der Waals surface area (Å²) in [7, 11) is 0. The lowest BCUT2D eigenvalue weighted by Gasteiger charge is -2.31. The van der Waals surface area contributed by atoms with Crippen LogP contribution in [0.2, 0.25) is 0 Å². The zero-order valence-electron chi connectivity index (χ0n) is 11.3. The van der Waals surface area contributed by atoms with Crippen LogP contribution in [0.3, 0.4) is 0 Å². The first-order chi connectivity index (χ1) is 9.22. The summed E-state index contributed by atoms with van der Waals surface area (Å²) < 4.78 is 20.6. The zero-order chi connectivity index (χ0) is 13.7. The molecule has 2 unspecified atom stereocenters. The van der Waals surface area contributed by atoms with Crippen molar-refractivity contribution in [2.24, 2.45) is 5.92 Å². The summed E-state index contributed by atoms with van der Waals surface area (Å²) in [6, 6.07) is 5.20. The molecule has 0 spiro atoms. The van der Waals surface area contributed by atoms with Gasteiger partial charge in [0.1, 0.15) is 5.82 Å². The first-order valence-corrected chi connectivity index (χ1v) is 7.77. The monoisotopic (exact) mass is 329 g/mol. The van der Waals surface area contributed by atoms with E-state index in [2.05, 4.69) is 28.2 Å². The van der Waals surface area contributed by atoms with Crippen LogP contribution >= 0.6 is 15.9 Å². The minimum atomic E-state index is -0.137. The van der Waals surface area contributed by atoms with Gasteiger partial charge in [0.05, 0.1) is 6.61 Å². The van der Waals surface area contributed by atoms with Crippen molar-refractivity contribution in [2.45, 2.75) is 32.2 Å². The fourth-order valence-electron chi connectivity index (χ4n) is 2.61. The third-order valence-electron chi connectivity index (χ3n) is 3.57. The van der Waals surface area contributed by atoms with Gasteiger partial charge < -0.3 is 10.1 Å². The summed E-state index contributed by atoms with van der Waals surface area (Å²) in [5.41, 5.74) is 0.748. The topological polar surface area (TPSA) is 21.3 Å². The molecule has 0 bridgehead atoms. The lowest BCUT2D eigenvalue weighted by molar-refractivity contribution is 0.0385. The molecule has 0 aromatic heterocycles. The van der Waals surface area contributed by atoms with Crippen molar-refractivity contribution < 1.29 is 9.13 Å².